The number of fused-ring (bicyclic) bond motifs is 6. The maximum Gasteiger partial charge on any atom is 0.0543 e. The summed E-state index contributed by atoms with van der Waals surface area (Å²) in [5, 5.41) is 13.1. The van der Waals surface area contributed by atoms with Crippen LogP contribution in [0.3, 0.4) is 0 Å². The monoisotopic (exact) mass is 1010 g/mol. The number of thiophene rings is 2. The summed E-state index contributed by atoms with van der Waals surface area (Å²) in [5.74, 6) is 0. The maximum absolute atomic E-state index is 2.58. The van der Waals surface area contributed by atoms with E-state index in [9.17, 15) is 0 Å². The van der Waals surface area contributed by atoms with Crippen molar-refractivity contribution in [3.8, 4) is 22.3 Å². The van der Waals surface area contributed by atoms with Crippen molar-refractivity contribution in [2.75, 3.05) is 9.80 Å². The Bertz CT molecular complexity index is 4310. The predicted molar refractivity (Wildman–Crippen MR) is 334 cm³/mol. The van der Waals surface area contributed by atoms with Crippen molar-refractivity contribution in [1.29, 1.82) is 0 Å². The number of anilines is 6. The van der Waals surface area contributed by atoms with Gasteiger partial charge in [-0.25, -0.2) is 0 Å². The lowest BCUT2D eigenvalue weighted by Crippen LogP contribution is -2.15. The van der Waals surface area contributed by atoms with E-state index in [4.69, 9.17) is 0 Å². The summed E-state index contributed by atoms with van der Waals surface area (Å²) in [6, 6.07) is 77.7. The second kappa shape index (κ2) is 18.2. The van der Waals surface area contributed by atoms with E-state index in [1.807, 2.05) is 22.7 Å². The van der Waals surface area contributed by atoms with Gasteiger partial charge in [-0.3, -0.25) is 0 Å². The van der Waals surface area contributed by atoms with Crippen LogP contribution >= 0.6 is 22.7 Å². The first kappa shape index (κ1) is 46.3. The summed E-state index contributed by atoms with van der Waals surface area (Å²) < 4.78 is 5.31. The van der Waals surface area contributed by atoms with E-state index in [1.165, 1.54) is 151 Å². The maximum atomic E-state index is 2.58. The highest BCUT2D eigenvalue weighted by Crippen LogP contribution is 2.53. The van der Waals surface area contributed by atoms with Gasteiger partial charge in [0.1, 0.15) is 0 Å². The van der Waals surface area contributed by atoms with Crippen molar-refractivity contribution in [3.05, 3.63) is 240 Å². The molecule has 0 aliphatic rings. The van der Waals surface area contributed by atoms with Gasteiger partial charge in [-0.05, 0) is 166 Å². The molecule has 0 radical (unpaired) electrons. The van der Waals surface area contributed by atoms with Crippen LogP contribution in [0.4, 0.5) is 34.1 Å². The van der Waals surface area contributed by atoms with Gasteiger partial charge in [-0.2, -0.15) is 0 Å². The zero-order chi connectivity index (χ0) is 51.3. The number of benzene rings is 12. The van der Waals surface area contributed by atoms with Gasteiger partial charge in [0.05, 0.1) is 22.7 Å². The fourth-order valence-corrected chi connectivity index (χ4v) is 15.3. The van der Waals surface area contributed by atoms with Gasteiger partial charge in [0.25, 0.3) is 0 Å². The van der Waals surface area contributed by atoms with E-state index in [0.29, 0.717) is 0 Å². The molecule has 0 fully saturated rings. The van der Waals surface area contributed by atoms with E-state index >= 15 is 0 Å². The second-order valence-electron chi connectivity index (χ2n) is 20.6. The normalized spacial score (nSPS) is 11.9. The highest BCUT2D eigenvalue weighted by atomic mass is 32.1. The first-order chi connectivity index (χ1) is 37.3. The molecular weight excluding hydrogens is 957 g/mol. The fourth-order valence-electron chi connectivity index (χ4n) is 12.8. The summed E-state index contributed by atoms with van der Waals surface area (Å²) in [6.07, 6.45) is 1.80. The smallest absolute Gasteiger partial charge is 0.0543 e. The molecule has 0 spiro atoms. The first-order valence-electron chi connectivity index (χ1n) is 26.8. The van der Waals surface area contributed by atoms with Crippen LogP contribution in [0.1, 0.15) is 47.2 Å². The number of para-hydroxylation sites is 2. The molecule has 2 aromatic heterocycles. The van der Waals surface area contributed by atoms with E-state index in [2.05, 4.69) is 258 Å². The van der Waals surface area contributed by atoms with Crippen LogP contribution in [0.15, 0.2) is 206 Å². The Morgan fingerprint density at radius 1 is 0.329 bits per heavy atom. The minimum absolute atomic E-state index is 0.900. The van der Waals surface area contributed by atoms with Crippen LogP contribution in [0.5, 0.6) is 0 Å². The minimum atomic E-state index is 0.900. The second-order valence-corrected chi connectivity index (χ2v) is 22.7. The van der Waals surface area contributed by atoms with Gasteiger partial charge in [-0.15, -0.1) is 22.7 Å². The molecule has 366 valence electrons. The molecule has 0 N–H and O–H groups in total. The van der Waals surface area contributed by atoms with Crippen molar-refractivity contribution in [1.82, 2.24) is 0 Å². The van der Waals surface area contributed by atoms with E-state index in [0.717, 1.165) is 24.2 Å². The van der Waals surface area contributed by atoms with Crippen LogP contribution in [0.2, 0.25) is 0 Å². The first-order valence-corrected chi connectivity index (χ1v) is 28.4. The zero-order valence-electron chi connectivity index (χ0n) is 43.8. The number of hydrogen-bond acceptors (Lipinski definition) is 4. The number of hydrogen-bond donors (Lipinski definition) is 0. The fraction of sp³-hybridized carbons (Fsp3) is 0.111. The Balaban J connectivity index is 1.03. The highest BCUT2D eigenvalue weighted by molar-refractivity contribution is 7.26. The molecule has 2 nitrogen and oxygen atoms in total. The van der Waals surface area contributed by atoms with Crippen molar-refractivity contribution in [3.63, 3.8) is 0 Å². The minimum Gasteiger partial charge on any atom is -0.309 e. The average Bonchev–Trinajstić information content (AvgIpc) is 4.16. The van der Waals surface area contributed by atoms with E-state index in [1.54, 1.807) is 0 Å². The number of nitrogens with zero attached hydrogens (tertiary/aromatic N) is 2. The van der Waals surface area contributed by atoms with E-state index in [-0.39, 0.29) is 0 Å². The van der Waals surface area contributed by atoms with Crippen molar-refractivity contribution >= 4 is 129 Å². The highest BCUT2D eigenvalue weighted by Gasteiger charge is 2.28. The topological polar surface area (TPSA) is 6.48 Å². The predicted octanol–water partition coefficient (Wildman–Crippen LogP) is 22.0. The number of rotatable bonds is 10. The molecule has 0 aliphatic heterocycles. The third kappa shape index (κ3) is 7.04. The lowest BCUT2D eigenvalue weighted by Gasteiger charge is -2.33. The SMILES string of the molecule is CCc1cc(N(c2ccccc2)c2c(C)ccc(-c3cccc4c3sc3ccccc34)c2C)c2ccc3c(CC)cc(N(c4ccccc4)c4c(C)ccc(-c5cccc6c5sc5ccccc56)c4C)c4ccc1c2c34. The van der Waals surface area contributed by atoms with Gasteiger partial charge < -0.3 is 9.80 Å². The van der Waals surface area contributed by atoms with Gasteiger partial charge in [-0.1, -0.05) is 172 Å². The molecule has 2 heterocycles. The summed E-state index contributed by atoms with van der Waals surface area (Å²) in [6.45, 7) is 13.9. The van der Waals surface area contributed by atoms with Crippen molar-refractivity contribution in [2.24, 2.45) is 0 Å². The van der Waals surface area contributed by atoms with Gasteiger partial charge in [0.15, 0.2) is 0 Å². The molecule has 0 aliphatic carbocycles. The standard InChI is InChI=1S/C72H56N2S2/c1-7-47-41-63(73(49-21-11-9-12-22-49)69-43(3)33-35-51(45(69)5)57-27-19-29-59-55-25-15-17-31-65(55)75-71(57)59)61-40-38-54-48(8-2)42-64(62-39-37-53(47)67(61)68(54)62)74(50-23-13-10-14-24-50)70-44(4)34-36-52(46(70)6)58-28-20-30-60-56-26-16-18-32-66(56)76-72(58)60/h9-42H,7-8H2,1-6H3. The average molecular weight is 1010 g/mol. The third-order valence-corrected chi connectivity index (χ3v) is 18.8. The quantitative estimate of drug-likeness (QED) is 0.126. The van der Waals surface area contributed by atoms with Crippen molar-refractivity contribution < 1.29 is 0 Å². The van der Waals surface area contributed by atoms with Crippen LogP contribution in [-0.4, -0.2) is 0 Å². The Kier molecular flexibility index (Phi) is 11.1. The molecule has 4 heteroatoms. The molecule has 0 saturated heterocycles. The summed E-state index contributed by atoms with van der Waals surface area (Å²) in [4.78, 5) is 5.16. The summed E-state index contributed by atoms with van der Waals surface area (Å²) in [5.41, 5.74) is 19.9. The number of aryl methyl sites for hydroxylation is 4. The molecule has 0 bridgehead atoms. The third-order valence-electron chi connectivity index (χ3n) is 16.4. The van der Waals surface area contributed by atoms with Crippen LogP contribution in [0, 0.1) is 27.7 Å². The molecule has 76 heavy (non-hydrogen) atoms. The van der Waals surface area contributed by atoms with E-state index < -0.39 is 0 Å². The lowest BCUT2D eigenvalue weighted by molar-refractivity contribution is 1.15. The molecule has 0 atom stereocenters. The van der Waals surface area contributed by atoms with Crippen molar-refractivity contribution in [2.45, 2.75) is 54.4 Å². The molecule has 0 unspecified atom stereocenters. The Hall–Kier alpha value is -8.28. The van der Waals surface area contributed by atoms with Crippen LogP contribution < -0.4 is 9.80 Å². The molecule has 14 aromatic rings. The van der Waals surface area contributed by atoms with Gasteiger partial charge in [0.2, 0.25) is 0 Å². The zero-order valence-corrected chi connectivity index (χ0v) is 45.4. The van der Waals surface area contributed by atoms with Crippen LogP contribution in [-0.2, 0) is 12.8 Å². The Morgan fingerprint density at radius 3 is 1.13 bits per heavy atom. The Labute approximate surface area is 452 Å². The summed E-state index contributed by atoms with van der Waals surface area (Å²) in [7, 11) is 0. The summed E-state index contributed by atoms with van der Waals surface area (Å²) >= 11 is 3.80. The molecular formula is C72H56N2S2. The molecule has 12 aromatic carbocycles. The van der Waals surface area contributed by atoms with Gasteiger partial charge in [0, 0.05) is 62.5 Å². The van der Waals surface area contributed by atoms with Gasteiger partial charge >= 0.3 is 0 Å². The molecule has 0 amide bonds. The Morgan fingerprint density at radius 2 is 0.711 bits per heavy atom. The molecule has 14 rings (SSSR count). The lowest BCUT2D eigenvalue weighted by atomic mass is 9.86. The van der Waals surface area contributed by atoms with Crippen LogP contribution in [0.25, 0.3) is 94.9 Å². The largest absolute Gasteiger partial charge is 0.309 e. The molecule has 0 saturated carbocycles.